The lowest BCUT2D eigenvalue weighted by Gasteiger charge is -2.06. The van der Waals surface area contributed by atoms with Gasteiger partial charge in [0.2, 0.25) is 0 Å². The van der Waals surface area contributed by atoms with Gasteiger partial charge >= 0.3 is 5.97 Å². The Hall–Kier alpha value is -0.830. The second-order valence-corrected chi connectivity index (χ2v) is 3.16. The minimum Gasteiger partial charge on any atom is -0.463 e. The highest BCUT2D eigenvalue weighted by molar-refractivity contribution is 5.88. The van der Waals surface area contributed by atoms with Gasteiger partial charge in [-0.25, -0.2) is 4.79 Å². The van der Waals surface area contributed by atoms with Crippen LogP contribution >= 0.6 is 0 Å². The van der Waals surface area contributed by atoms with E-state index in [0.717, 1.165) is 18.4 Å². The molecule has 0 bridgehead atoms. The topological polar surface area (TPSA) is 38.3 Å². The predicted octanol–water partition coefficient (Wildman–Crippen LogP) is 2.52. The lowest BCUT2D eigenvalue weighted by atomic mass is 10.1. The van der Waals surface area contributed by atoms with Crippen LogP contribution in [0.1, 0.15) is 40.5 Å². The van der Waals surface area contributed by atoms with Crippen LogP contribution in [-0.4, -0.2) is 26.7 Å². The second-order valence-electron chi connectivity index (χ2n) is 3.16. The molecule has 0 saturated heterocycles. The molecule has 3 heteroatoms. The standard InChI is InChI=1S/C10H18O2.C2H7N/c1-5-9(6-2)8(4)10(11)12-7-3;1-3-2/h5-7H2,1-4H3;3H,1-2H3. The zero-order chi connectivity index (χ0) is 12.3. The molecule has 0 amide bonds. The summed E-state index contributed by atoms with van der Waals surface area (Å²) in [7, 11) is 3.75. The first-order valence-corrected chi connectivity index (χ1v) is 5.53. The molecule has 0 saturated carbocycles. The highest BCUT2D eigenvalue weighted by Gasteiger charge is 2.08. The molecule has 0 aliphatic rings. The fraction of sp³-hybridized carbons (Fsp3) is 0.750. The van der Waals surface area contributed by atoms with Crippen LogP contribution in [0.3, 0.4) is 0 Å². The minimum absolute atomic E-state index is 0.170. The first-order valence-electron chi connectivity index (χ1n) is 5.53. The van der Waals surface area contributed by atoms with E-state index >= 15 is 0 Å². The summed E-state index contributed by atoms with van der Waals surface area (Å²) in [5.41, 5.74) is 1.97. The SMILES string of the molecule is CCOC(=O)C(C)=C(CC)CC.CNC. The van der Waals surface area contributed by atoms with Crippen LogP contribution < -0.4 is 5.32 Å². The lowest BCUT2D eigenvalue weighted by Crippen LogP contribution is -2.07. The van der Waals surface area contributed by atoms with E-state index in [1.165, 1.54) is 5.57 Å². The van der Waals surface area contributed by atoms with E-state index in [4.69, 9.17) is 4.74 Å². The molecule has 0 radical (unpaired) electrons. The fourth-order valence-electron chi connectivity index (χ4n) is 1.16. The van der Waals surface area contributed by atoms with Gasteiger partial charge in [0.1, 0.15) is 0 Å². The van der Waals surface area contributed by atoms with Gasteiger partial charge in [0.15, 0.2) is 0 Å². The van der Waals surface area contributed by atoms with Crippen molar-refractivity contribution in [1.82, 2.24) is 5.32 Å². The normalized spacial score (nSPS) is 8.67. The van der Waals surface area contributed by atoms with Gasteiger partial charge in [0.05, 0.1) is 6.61 Å². The number of nitrogens with one attached hydrogen (secondary N) is 1. The number of rotatable bonds is 4. The number of carbonyl (C=O) groups is 1. The van der Waals surface area contributed by atoms with Crippen molar-refractivity contribution in [2.45, 2.75) is 40.5 Å². The van der Waals surface area contributed by atoms with Crippen molar-refractivity contribution in [3.05, 3.63) is 11.1 Å². The number of hydrogen-bond acceptors (Lipinski definition) is 3. The highest BCUT2D eigenvalue weighted by atomic mass is 16.5. The molecule has 15 heavy (non-hydrogen) atoms. The van der Waals surface area contributed by atoms with E-state index in [1.807, 2.05) is 27.9 Å². The first-order chi connectivity index (χ1) is 7.08. The van der Waals surface area contributed by atoms with Crippen LogP contribution in [0.5, 0.6) is 0 Å². The van der Waals surface area contributed by atoms with Gasteiger partial charge in [-0.05, 0) is 40.8 Å². The summed E-state index contributed by atoms with van der Waals surface area (Å²) in [5.74, 6) is -0.170. The van der Waals surface area contributed by atoms with Crippen molar-refractivity contribution in [3.8, 4) is 0 Å². The van der Waals surface area contributed by atoms with Gasteiger partial charge < -0.3 is 10.1 Å². The van der Waals surface area contributed by atoms with Gasteiger partial charge in [0, 0.05) is 5.57 Å². The minimum atomic E-state index is -0.170. The molecular weight excluding hydrogens is 190 g/mol. The van der Waals surface area contributed by atoms with Gasteiger partial charge in [-0.3, -0.25) is 0 Å². The van der Waals surface area contributed by atoms with E-state index in [2.05, 4.69) is 19.2 Å². The lowest BCUT2D eigenvalue weighted by molar-refractivity contribution is -0.138. The van der Waals surface area contributed by atoms with Crippen LogP contribution in [0.2, 0.25) is 0 Å². The molecule has 0 atom stereocenters. The molecule has 0 spiro atoms. The van der Waals surface area contributed by atoms with Gasteiger partial charge in [-0.15, -0.1) is 0 Å². The fourth-order valence-corrected chi connectivity index (χ4v) is 1.16. The zero-order valence-corrected chi connectivity index (χ0v) is 10.9. The smallest absolute Gasteiger partial charge is 0.333 e. The maximum absolute atomic E-state index is 11.2. The van der Waals surface area contributed by atoms with Crippen LogP contribution in [-0.2, 0) is 9.53 Å². The van der Waals surface area contributed by atoms with Gasteiger partial charge in [-0.1, -0.05) is 19.4 Å². The Morgan fingerprint density at radius 1 is 1.13 bits per heavy atom. The average molecular weight is 215 g/mol. The van der Waals surface area contributed by atoms with Crippen LogP contribution in [0, 0.1) is 0 Å². The van der Waals surface area contributed by atoms with E-state index in [0.29, 0.717) is 6.61 Å². The Labute approximate surface area is 93.9 Å². The summed E-state index contributed by atoms with van der Waals surface area (Å²) in [6.45, 7) is 8.23. The molecule has 0 aliphatic carbocycles. The molecule has 0 fully saturated rings. The molecule has 0 aliphatic heterocycles. The summed E-state index contributed by atoms with van der Waals surface area (Å²) in [4.78, 5) is 11.2. The molecule has 0 unspecified atom stereocenters. The monoisotopic (exact) mass is 215 g/mol. The molecule has 0 aromatic heterocycles. The maximum atomic E-state index is 11.2. The quantitative estimate of drug-likeness (QED) is 0.578. The summed E-state index contributed by atoms with van der Waals surface area (Å²) >= 11 is 0. The van der Waals surface area contributed by atoms with Crippen molar-refractivity contribution in [3.63, 3.8) is 0 Å². The van der Waals surface area contributed by atoms with Crippen LogP contribution in [0.15, 0.2) is 11.1 Å². The van der Waals surface area contributed by atoms with Crippen molar-refractivity contribution in [1.29, 1.82) is 0 Å². The first kappa shape index (κ1) is 16.6. The Morgan fingerprint density at radius 3 is 1.80 bits per heavy atom. The van der Waals surface area contributed by atoms with Crippen molar-refractivity contribution in [2.75, 3.05) is 20.7 Å². The summed E-state index contributed by atoms with van der Waals surface area (Å²) in [5, 5.41) is 2.75. The van der Waals surface area contributed by atoms with Crippen LogP contribution in [0.4, 0.5) is 0 Å². The third-order valence-corrected chi connectivity index (χ3v) is 1.97. The molecule has 0 aromatic rings. The zero-order valence-electron chi connectivity index (χ0n) is 10.9. The van der Waals surface area contributed by atoms with E-state index < -0.39 is 0 Å². The Morgan fingerprint density at radius 2 is 1.53 bits per heavy atom. The van der Waals surface area contributed by atoms with E-state index in [1.54, 1.807) is 0 Å². The average Bonchev–Trinajstić information content (AvgIpc) is 2.21. The van der Waals surface area contributed by atoms with Crippen molar-refractivity contribution >= 4 is 5.97 Å². The van der Waals surface area contributed by atoms with Crippen molar-refractivity contribution in [2.24, 2.45) is 0 Å². The molecule has 0 heterocycles. The summed E-state index contributed by atoms with van der Waals surface area (Å²) < 4.78 is 4.89. The number of allylic oxidation sites excluding steroid dienone is 1. The van der Waals surface area contributed by atoms with Crippen molar-refractivity contribution < 1.29 is 9.53 Å². The molecule has 3 nitrogen and oxygen atoms in total. The number of carbonyl (C=O) groups excluding carboxylic acids is 1. The largest absolute Gasteiger partial charge is 0.463 e. The molecule has 0 rings (SSSR count). The van der Waals surface area contributed by atoms with Gasteiger partial charge in [-0.2, -0.15) is 0 Å². The van der Waals surface area contributed by atoms with E-state index in [9.17, 15) is 4.79 Å². The Kier molecular flexibility index (Phi) is 12.4. The third-order valence-electron chi connectivity index (χ3n) is 1.97. The maximum Gasteiger partial charge on any atom is 0.333 e. The summed E-state index contributed by atoms with van der Waals surface area (Å²) in [6, 6.07) is 0. The third kappa shape index (κ3) is 8.18. The molecule has 0 aromatic carbocycles. The molecular formula is C12H25NO2. The highest BCUT2D eigenvalue weighted by Crippen LogP contribution is 2.13. The number of ether oxygens (including phenoxy) is 1. The number of hydrogen-bond donors (Lipinski definition) is 1. The molecule has 1 N–H and O–H groups in total. The Balaban J connectivity index is 0. The van der Waals surface area contributed by atoms with Gasteiger partial charge in [0.25, 0.3) is 0 Å². The summed E-state index contributed by atoms with van der Waals surface area (Å²) in [6.07, 6.45) is 1.86. The predicted molar refractivity (Wildman–Crippen MR) is 64.9 cm³/mol. The molecule has 90 valence electrons. The number of esters is 1. The Bertz CT molecular complexity index is 192. The van der Waals surface area contributed by atoms with Crippen LogP contribution in [0.25, 0.3) is 0 Å². The van der Waals surface area contributed by atoms with E-state index in [-0.39, 0.29) is 5.97 Å². The second kappa shape index (κ2) is 11.2.